The Hall–Kier alpha value is -1.22. The van der Waals surface area contributed by atoms with Crippen LogP contribution >= 0.6 is 38.5 Å². The van der Waals surface area contributed by atoms with Crippen LogP contribution in [0.2, 0.25) is 0 Å². The number of hydrogen-bond donors (Lipinski definition) is 0. The fraction of sp³-hybridized carbons (Fsp3) is 0.348. The number of rotatable bonds is 3. The highest BCUT2D eigenvalue weighted by Crippen LogP contribution is 2.48. The van der Waals surface area contributed by atoms with E-state index in [-0.39, 0.29) is 0 Å². The van der Waals surface area contributed by atoms with E-state index in [2.05, 4.69) is 38.5 Å². The van der Waals surface area contributed by atoms with E-state index in [0.29, 0.717) is 22.8 Å². The van der Waals surface area contributed by atoms with Gasteiger partial charge in [0.15, 0.2) is 5.70 Å². The van der Waals surface area contributed by atoms with Crippen LogP contribution in [0, 0.1) is 17.4 Å². The second-order valence-electron chi connectivity index (χ2n) is 8.11. The number of hydrogen-bond acceptors (Lipinski definition) is 0. The number of nitrogens with zero attached hydrogens (tertiary/aromatic N) is 2. The second kappa shape index (κ2) is 7.43. The van der Waals surface area contributed by atoms with Crippen LogP contribution in [-0.2, 0) is 6.42 Å². The molecule has 0 aliphatic carbocycles. The Morgan fingerprint density at radius 1 is 1.10 bits per heavy atom. The Bertz CT molecular complexity index is 1200. The molecule has 2 nitrogen and oxygen atoms in total. The average molecular weight is 585 g/mol. The first-order valence-electron chi connectivity index (χ1n) is 10.3. The molecule has 3 heterocycles. The third-order valence-electron chi connectivity index (χ3n) is 6.70. The highest BCUT2D eigenvalue weighted by atomic mass is 127. The van der Waals surface area contributed by atoms with Crippen molar-refractivity contribution in [3.8, 4) is 0 Å². The van der Waals surface area contributed by atoms with E-state index in [1.54, 1.807) is 0 Å². The van der Waals surface area contributed by atoms with Crippen molar-refractivity contribution >= 4 is 56.8 Å². The average Bonchev–Trinajstić information content (AvgIpc) is 3.08. The first kappa shape index (κ1) is 22.0. The highest BCUT2D eigenvalue weighted by Gasteiger charge is 2.56. The van der Waals surface area contributed by atoms with Gasteiger partial charge in [-0.15, -0.1) is 0 Å². The van der Waals surface area contributed by atoms with Gasteiger partial charge in [-0.05, 0) is 85.2 Å². The number of benzene rings is 1. The van der Waals surface area contributed by atoms with Crippen LogP contribution in [0.3, 0.4) is 0 Å². The number of allylic oxidation sites excluding steroid dienone is 2. The molecule has 4 rings (SSSR count). The maximum Gasteiger partial charge on any atom is 0.737 e. The lowest BCUT2D eigenvalue weighted by atomic mass is 9.83. The van der Waals surface area contributed by atoms with Gasteiger partial charge in [-0.3, -0.25) is 0 Å². The first-order valence-corrected chi connectivity index (χ1v) is 12.2. The number of halogens is 4. The largest absolute Gasteiger partial charge is 0.737 e. The van der Waals surface area contributed by atoms with Gasteiger partial charge >= 0.3 is 6.97 Å². The van der Waals surface area contributed by atoms with Gasteiger partial charge in [0.1, 0.15) is 5.71 Å². The van der Waals surface area contributed by atoms with Gasteiger partial charge in [-0.2, -0.15) is 0 Å². The summed E-state index contributed by atoms with van der Waals surface area (Å²) in [7, 11) is 0. The molecular weight excluding hydrogens is 560 g/mol. The molecular formula is C23H25BBrF2IN2. The molecule has 7 heteroatoms. The summed E-state index contributed by atoms with van der Waals surface area (Å²) in [6.45, 7) is 7.76. The quantitative estimate of drug-likeness (QED) is 0.265. The van der Waals surface area contributed by atoms with E-state index in [1.807, 2.05) is 59.7 Å². The van der Waals surface area contributed by atoms with Crippen molar-refractivity contribution in [2.24, 2.45) is 0 Å². The molecule has 0 fully saturated rings. The van der Waals surface area contributed by atoms with Gasteiger partial charge in [0, 0.05) is 37.4 Å². The van der Waals surface area contributed by atoms with Crippen molar-refractivity contribution in [3.05, 3.63) is 71.2 Å². The molecule has 0 spiro atoms. The molecule has 0 amide bonds. The van der Waals surface area contributed by atoms with Crippen LogP contribution in [0.1, 0.15) is 62.2 Å². The smallest absolute Gasteiger partial charge is 0.393 e. The Morgan fingerprint density at radius 2 is 1.77 bits per heavy atom. The highest BCUT2D eigenvalue weighted by molar-refractivity contribution is 14.1. The van der Waals surface area contributed by atoms with Crippen LogP contribution in [0.25, 0.3) is 5.57 Å². The summed E-state index contributed by atoms with van der Waals surface area (Å²) in [5.41, 5.74) is 8.46. The molecule has 0 unspecified atom stereocenters. The molecule has 1 aromatic carbocycles. The second-order valence-corrected chi connectivity index (χ2v) is 10.2. The van der Waals surface area contributed by atoms with E-state index in [9.17, 15) is 0 Å². The van der Waals surface area contributed by atoms with E-state index < -0.39 is 6.97 Å². The van der Waals surface area contributed by atoms with Gasteiger partial charge in [0.25, 0.3) is 0 Å². The summed E-state index contributed by atoms with van der Waals surface area (Å²) in [5.74, 6) is 0. The zero-order chi connectivity index (χ0) is 22.1. The van der Waals surface area contributed by atoms with Gasteiger partial charge in [0.2, 0.25) is 0 Å². The topological polar surface area (TPSA) is 7.94 Å². The van der Waals surface area contributed by atoms with Gasteiger partial charge in [-0.25, -0.2) is 0 Å². The molecule has 0 saturated carbocycles. The molecule has 0 radical (unpaired) electrons. The van der Waals surface area contributed by atoms with E-state index in [1.165, 1.54) is 8.96 Å². The Balaban J connectivity index is 2.25. The predicted octanol–water partition coefficient (Wildman–Crippen LogP) is 7.24. The van der Waals surface area contributed by atoms with E-state index in [0.717, 1.165) is 54.3 Å². The molecule has 2 aliphatic rings. The third kappa shape index (κ3) is 2.80. The normalized spacial score (nSPS) is 17.8. The molecule has 0 bridgehead atoms. The molecule has 2 aromatic rings. The van der Waals surface area contributed by atoms with Crippen LogP contribution in [0.4, 0.5) is 8.63 Å². The Kier molecular flexibility index (Phi) is 5.45. The van der Waals surface area contributed by atoms with Crippen molar-refractivity contribution in [1.82, 2.24) is 4.48 Å². The Labute approximate surface area is 199 Å². The zero-order valence-corrected chi connectivity index (χ0v) is 21.9. The summed E-state index contributed by atoms with van der Waals surface area (Å²) >= 11 is 6.00. The predicted molar refractivity (Wildman–Crippen MR) is 133 cm³/mol. The Morgan fingerprint density at radius 3 is 2.33 bits per heavy atom. The fourth-order valence-electron chi connectivity index (χ4n) is 5.43. The maximum atomic E-state index is 16.2. The number of fused-ring (bicyclic) bond motifs is 2. The third-order valence-corrected chi connectivity index (χ3v) is 8.02. The lowest BCUT2D eigenvalue weighted by Gasteiger charge is -2.34. The van der Waals surface area contributed by atoms with E-state index >= 15 is 8.63 Å². The van der Waals surface area contributed by atoms with Gasteiger partial charge < -0.3 is 17.6 Å². The molecule has 158 valence electrons. The number of aromatic nitrogens is 1. The standard InChI is InChI=1S/C23H25BBrF2IN2/c1-7-17-12(3)22-21(19-10-9-16(28)11-20(19)25)23-13(4)18(8-2)15(6)30(23)24(26,27)29(22)14(17)5/h9-11H,7-8H2,1-6H3. The van der Waals surface area contributed by atoms with Crippen molar-refractivity contribution < 1.29 is 13.1 Å². The zero-order valence-electron chi connectivity index (χ0n) is 18.1. The summed E-state index contributed by atoms with van der Waals surface area (Å²) in [5, 5.41) is 0. The lowest BCUT2D eigenvalue weighted by Crippen LogP contribution is -2.51. The van der Waals surface area contributed by atoms with Crippen molar-refractivity contribution in [2.45, 2.75) is 54.4 Å². The first-order chi connectivity index (χ1) is 14.1. The minimum atomic E-state index is -3.98. The molecule has 0 saturated heterocycles. The maximum absolute atomic E-state index is 16.2. The summed E-state index contributed by atoms with van der Waals surface area (Å²) in [6.07, 6.45) is 1.47. The van der Waals surface area contributed by atoms with Crippen molar-refractivity contribution in [3.63, 3.8) is 0 Å². The van der Waals surface area contributed by atoms with Crippen LogP contribution in [0.15, 0.2) is 39.5 Å². The van der Waals surface area contributed by atoms with Gasteiger partial charge in [-0.1, -0.05) is 35.8 Å². The molecule has 2 aliphatic heterocycles. The van der Waals surface area contributed by atoms with E-state index in [4.69, 9.17) is 0 Å². The minimum absolute atomic E-state index is 0.659. The summed E-state index contributed by atoms with van der Waals surface area (Å²) in [6, 6.07) is 6.14. The minimum Gasteiger partial charge on any atom is -0.393 e. The van der Waals surface area contributed by atoms with Crippen molar-refractivity contribution in [1.29, 1.82) is 0 Å². The van der Waals surface area contributed by atoms with Crippen LogP contribution < -0.4 is 0 Å². The summed E-state index contributed by atoms with van der Waals surface area (Å²) in [4.78, 5) is 0. The lowest BCUT2D eigenvalue weighted by molar-refractivity contribution is -0.363. The fourth-order valence-corrected chi connectivity index (χ4v) is 6.92. The SMILES string of the molecule is CCC1=C(C)C2=C(c3ccc(I)cc3Br)c3c(C)c(CC)c(C)n3[B-](F)(F)[N+]2=C1C. The van der Waals surface area contributed by atoms with Gasteiger partial charge in [0.05, 0.1) is 5.57 Å². The molecule has 1 aromatic heterocycles. The molecule has 30 heavy (non-hydrogen) atoms. The van der Waals surface area contributed by atoms with Crippen LogP contribution in [0.5, 0.6) is 0 Å². The summed E-state index contributed by atoms with van der Waals surface area (Å²) < 4.78 is 37.1. The molecule has 0 atom stereocenters. The van der Waals surface area contributed by atoms with Crippen molar-refractivity contribution in [2.75, 3.05) is 0 Å². The molecule has 0 N–H and O–H groups in total. The van der Waals surface area contributed by atoms with Crippen LogP contribution in [-0.4, -0.2) is 21.6 Å². The monoisotopic (exact) mass is 584 g/mol.